The van der Waals surface area contributed by atoms with E-state index in [1.165, 1.54) is 0 Å². The molecule has 4 heteroatoms. The molecule has 0 heterocycles. The van der Waals surface area contributed by atoms with Crippen LogP contribution in [0.1, 0.15) is 31.9 Å². The Labute approximate surface area is 116 Å². The van der Waals surface area contributed by atoms with Crippen molar-refractivity contribution in [2.24, 2.45) is 0 Å². The molecule has 0 aliphatic carbocycles. The van der Waals surface area contributed by atoms with Gasteiger partial charge in [0.05, 0.1) is 19.3 Å². The maximum atomic E-state index is 5.85. The topological polar surface area (TPSA) is 39.7 Å². The van der Waals surface area contributed by atoms with E-state index < -0.39 is 0 Å². The zero-order chi connectivity index (χ0) is 14.1. The molecule has 0 spiro atoms. The molecule has 0 saturated carbocycles. The maximum Gasteiger partial charge on any atom is 0.127 e. The minimum atomic E-state index is 0.193. The minimum absolute atomic E-state index is 0.193. The van der Waals surface area contributed by atoms with Gasteiger partial charge in [0.2, 0.25) is 0 Å². The van der Waals surface area contributed by atoms with Crippen LogP contribution in [0.3, 0.4) is 0 Å². The third kappa shape index (κ3) is 4.73. The van der Waals surface area contributed by atoms with E-state index in [2.05, 4.69) is 19.2 Å². The average Bonchev–Trinajstić information content (AvgIpc) is 2.43. The lowest BCUT2D eigenvalue weighted by Gasteiger charge is -2.20. The fraction of sp³-hybridized carbons (Fsp3) is 0.600. The van der Waals surface area contributed by atoms with Crippen molar-refractivity contribution in [3.05, 3.63) is 23.8 Å². The van der Waals surface area contributed by atoms with Crippen molar-refractivity contribution in [2.75, 3.05) is 34.0 Å². The van der Waals surface area contributed by atoms with Gasteiger partial charge >= 0.3 is 0 Å². The molecular formula is C15H25NO3. The van der Waals surface area contributed by atoms with E-state index in [4.69, 9.17) is 14.2 Å². The molecule has 0 aliphatic heterocycles. The van der Waals surface area contributed by atoms with Crippen molar-refractivity contribution >= 4 is 0 Å². The summed E-state index contributed by atoms with van der Waals surface area (Å²) in [4.78, 5) is 0. The number of benzene rings is 1. The SMILES string of the molecule is CCNC(C)c1c(OC)cccc1OCCCOC. The Kier molecular flexibility index (Phi) is 7.30. The fourth-order valence-corrected chi connectivity index (χ4v) is 2.05. The lowest BCUT2D eigenvalue weighted by molar-refractivity contribution is 0.171. The van der Waals surface area contributed by atoms with Crippen LogP contribution in [0.4, 0.5) is 0 Å². The van der Waals surface area contributed by atoms with E-state index in [1.54, 1.807) is 14.2 Å². The van der Waals surface area contributed by atoms with Crippen molar-refractivity contribution in [3.8, 4) is 11.5 Å². The highest BCUT2D eigenvalue weighted by molar-refractivity contribution is 5.46. The molecule has 0 bridgehead atoms. The van der Waals surface area contributed by atoms with Crippen molar-refractivity contribution in [2.45, 2.75) is 26.3 Å². The monoisotopic (exact) mass is 267 g/mol. The maximum absolute atomic E-state index is 5.85. The zero-order valence-electron chi connectivity index (χ0n) is 12.4. The third-order valence-electron chi connectivity index (χ3n) is 2.94. The molecule has 0 saturated heterocycles. The van der Waals surface area contributed by atoms with Gasteiger partial charge in [-0.3, -0.25) is 0 Å². The summed E-state index contributed by atoms with van der Waals surface area (Å²) in [5, 5.41) is 3.39. The molecule has 1 rings (SSSR count). The molecule has 1 aromatic rings. The first-order valence-electron chi connectivity index (χ1n) is 6.76. The highest BCUT2D eigenvalue weighted by atomic mass is 16.5. The lowest BCUT2D eigenvalue weighted by Crippen LogP contribution is -2.19. The first-order chi connectivity index (χ1) is 9.24. The smallest absolute Gasteiger partial charge is 0.127 e. The standard InChI is InChI=1S/C15H25NO3/c1-5-16-12(2)15-13(18-4)8-6-9-14(15)19-11-7-10-17-3/h6,8-9,12,16H,5,7,10-11H2,1-4H3. The molecule has 19 heavy (non-hydrogen) atoms. The van der Waals surface area contributed by atoms with Crippen LogP contribution >= 0.6 is 0 Å². The number of hydrogen-bond donors (Lipinski definition) is 1. The highest BCUT2D eigenvalue weighted by Gasteiger charge is 2.16. The van der Waals surface area contributed by atoms with Crippen LogP contribution in [-0.2, 0) is 4.74 Å². The van der Waals surface area contributed by atoms with E-state index in [0.29, 0.717) is 13.2 Å². The van der Waals surface area contributed by atoms with Gasteiger partial charge in [-0.2, -0.15) is 0 Å². The second kappa shape index (κ2) is 8.77. The molecule has 0 aromatic heterocycles. The third-order valence-corrected chi connectivity index (χ3v) is 2.94. The Hall–Kier alpha value is -1.26. The molecule has 108 valence electrons. The normalized spacial score (nSPS) is 12.2. The first kappa shape index (κ1) is 15.8. The van der Waals surface area contributed by atoms with E-state index in [9.17, 15) is 0 Å². The van der Waals surface area contributed by atoms with E-state index in [0.717, 1.165) is 30.0 Å². The summed E-state index contributed by atoms with van der Waals surface area (Å²) >= 11 is 0. The second-order valence-corrected chi connectivity index (χ2v) is 4.35. The molecule has 0 aliphatic rings. The van der Waals surface area contributed by atoms with Gasteiger partial charge in [-0.1, -0.05) is 13.0 Å². The Bertz CT molecular complexity index is 368. The molecule has 0 fully saturated rings. The summed E-state index contributed by atoms with van der Waals surface area (Å²) in [6, 6.07) is 6.09. The number of ether oxygens (including phenoxy) is 3. The van der Waals surface area contributed by atoms with Crippen LogP contribution in [0.15, 0.2) is 18.2 Å². The van der Waals surface area contributed by atoms with Gasteiger partial charge in [-0.05, 0) is 25.6 Å². The lowest BCUT2D eigenvalue weighted by atomic mass is 10.1. The highest BCUT2D eigenvalue weighted by Crippen LogP contribution is 2.33. The number of hydrogen-bond acceptors (Lipinski definition) is 4. The number of nitrogens with one attached hydrogen (secondary N) is 1. The van der Waals surface area contributed by atoms with E-state index in [1.807, 2.05) is 18.2 Å². The summed E-state index contributed by atoms with van der Waals surface area (Å²) < 4.78 is 16.3. The average molecular weight is 267 g/mol. The van der Waals surface area contributed by atoms with Crippen LogP contribution in [0.5, 0.6) is 11.5 Å². The Morgan fingerprint density at radius 3 is 2.53 bits per heavy atom. The van der Waals surface area contributed by atoms with Crippen molar-refractivity contribution in [3.63, 3.8) is 0 Å². The van der Waals surface area contributed by atoms with Gasteiger partial charge in [-0.15, -0.1) is 0 Å². The summed E-state index contributed by atoms with van der Waals surface area (Å²) in [6.45, 7) is 6.46. The first-order valence-corrected chi connectivity index (χ1v) is 6.76. The predicted molar refractivity (Wildman–Crippen MR) is 77.1 cm³/mol. The quantitative estimate of drug-likeness (QED) is 0.698. The molecule has 1 atom stereocenters. The number of methoxy groups -OCH3 is 2. The Balaban J connectivity index is 2.82. The van der Waals surface area contributed by atoms with Crippen molar-refractivity contribution in [1.29, 1.82) is 0 Å². The Morgan fingerprint density at radius 2 is 1.89 bits per heavy atom. The van der Waals surface area contributed by atoms with Gasteiger partial charge < -0.3 is 19.5 Å². The minimum Gasteiger partial charge on any atom is -0.496 e. The number of rotatable bonds is 9. The zero-order valence-corrected chi connectivity index (χ0v) is 12.4. The van der Waals surface area contributed by atoms with Crippen LogP contribution in [0, 0.1) is 0 Å². The molecule has 1 aromatic carbocycles. The van der Waals surface area contributed by atoms with Gasteiger partial charge in [0.1, 0.15) is 11.5 Å². The van der Waals surface area contributed by atoms with Crippen LogP contribution in [0.2, 0.25) is 0 Å². The van der Waals surface area contributed by atoms with Gasteiger partial charge in [0.25, 0.3) is 0 Å². The van der Waals surface area contributed by atoms with Gasteiger partial charge in [0.15, 0.2) is 0 Å². The fourth-order valence-electron chi connectivity index (χ4n) is 2.05. The molecule has 1 unspecified atom stereocenters. The van der Waals surface area contributed by atoms with Gasteiger partial charge in [-0.25, -0.2) is 0 Å². The summed E-state index contributed by atoms with van der Waals surface area (Å²) in [5.41, 5.74) is 1.07. The predicted octanol–water partition coefficient (Wildman–Crippen LogP) is 2.78. The van der Waals surface area contributed by atoms with Crippen LogP contribution < -0.4 is 14.8 Å². The second-order valence-electron chi connectivity index (χ2n) is 4.35. The van der Waals surface area contributed by atoms with Crippen LogP contribution in [-0.4, -0.2) is 34.0 Å². The van der Waals surface area contributed by atoms with E-state index >= 15 is 0 Å². The molecule has 4 nitrogen and oxygen atoms in total. The largest absolute Gasteiger partial charge is 0.496 e. The van der Waals surface area contributed by atoms with Gasteiger partial charge in [0, 0.05) is 26.2 Å². The van der Waals surface area contributed by atoms with Crippen molar-refractivity contribution < 1.29 is 14.2 Å². The van der Waals surface area contributed by atoms with Crippen LogP contribution in [0.25, 0.3) is 0 Å². The summed E-state index contributed by atoms with van der Waals surface area (Å²) in [6.07, 6.45) is 0.878. The summed E-state index contributed by atoms with van der Waals surface area (Å²) in [5.74, 6) is 1.74. The molecular weight excluding hydrogens is 242 g/mol. The molecule has 0 radical (unpaired) electrons. The summed E-state index contributed by atoms with van der Waals surface area (Å²) in [7, 11) is 3.39. The Morgan fingerprint density at radius 1 is 1.16 bits per heavy atom. The molecule has 1 N–H and O–H groups in total. The van der Waals surface area contributed by atoms with Crippen molar-refractivity contribution in [1.82, 2.24) is 5.32 Å². The molecule has 0 amide bonds. The van der Waals surface area contributed by atoms with E-state index in [-0.39, 0.29) is 6.04 Å².